The Labute approximate surface area is 131 Å². The summed E-state index contributed by atoms with van der Waals surface area (Å²) in [5.74, 6) is 1.11. The van der Waals surface area contributed by atoms with E-state index >= 15 is 0 Å². The van der Waals surface area contributed by atoms with Crippen molar-refractivity contribution in [1.82, 2.24) is 4.90 Å². The van der Waals surface area contributed by atoms with Crippen LogP contribution in [0.5, 0.6) is 0 Å². The molecular formula is C18H33NS. The first-order chi connectivity index (χ1) is 9.83. The highest BCUT2D eigenvalue weighted by atomic mass is 32.1. The van der Waals surface area contributed by atoms with E-state index in [2.05, 4.69) is 4.90 Å². The van der Waals surface area contributed by atoms with E-state index in [9.17, 15) is 0 Å². The van der Waals surface area contributed by atoms with E-state index in [1.165, 1.54) is 90.0 Å². The molecule has 3 saturated carbocycles. The Bertz CT molecular complexity index is 264. The standard InChI is InChI=1S/C18H33NS/c20-15-18(12-7-13-18)14-19(16-8-3-1-4-9-16)17-10-5-2-6-11-17/h16-17,20H,1-15H2. The molecule has 0 aromatic carbocycles. The summed E-state index contributed by atoms with van der Waals surface area (Å²) in [7, 11) is 0. The average molecular weight is 296 g/mol. The van der Waals surface area contributed by atoms with Gasteiger partial charge < -0.3 is 0 Å². The van der Waals surface area contributed by atoms with Gasteiger partial charge in [0.1, 0.15) is 0 Å². The molecule has 0 aromatic rings. The Kier molecular flexibility index (Phi) is 5.36. The van der Waals surface area contributed by atoms with Gasteiger partial charge in [-0.25, -0.2) is 0 Å². The van der Waals surface area contributed by atoms with Crippen LogP contribution in [0.15, 0.2) is 0 Å². The molecule has 1 nitrogen and oxygen atoms in total. The van der Waals surface area contributed by atoms with Gasteiger partial charge in [0.2, 0.25) is 0 Å². The van der Waals surface area contributed by atoms with Crippen molar-refractivity contribution in [3.63, 3.8) is 0 Å². The fraction of sp³-hybridized carbons (Fsp3) is 1.00. The quantitative estimate of drug-likeness (QED) is 0.694. The number of hydrogen-bond acceptors (Lipinski definition) is 2. The molecule has 0 atom stereocenters. The number of nitrogens with zero attached hydrogens (tertiary/aromatic N) is 1. The van der Waals surface area contributed by atoms with Crippen molar-refractivity contribution in [2.45, 2.75) is 95.6 Å². The van der Waals surface area contributed by atoms with Crippen LogP contribution in [0.3, 0.4) is 0 Å². The van der Waals surface area contributed by atoms with Crippen molar-refractivity contribution in [3.8, 4) is 0 Å². The molecule has 20 heavy (non-hydrogen) atoms. The first kappa shape index (κ1) is 15.2. The van der Waals surface area contributed by atoms with E-state index in [0.717, 1.165) is 17.8 Å². The van der Waals surface area contributed by atoms with Gasteiger partial charge >= 0.3 is 0 Å². The third kappa shape index (κ3) is 3.38. The lowest BCUT2D eigenvalue weighted by Gasteiger charge is -2.50. The molecule has 0 heterocycles. The molecule has 0 radical (unpaired) electrons. The Hall–Kier alpha value is 0.310. The second kappa shape index (κ2) is 7.05. The molecule has 3 aliphatic carbocycles. The van der Waals surface area contributed by atoms with Crippen LogP contribution in [-0.2, 0) is 0 Å². The highest BCUT2D eigenvalue weighted by molar-refractivity contribution is 7.80. The molecule has 2 heteroatoms. The lowest BCUT2D eigenvalue weighted by molar-refractivity contribution is 0.0105. The van der Waals surface area contributed by atoms with Gasteiger partial charge in [-0.3, -0.25) is 4.90 Å². The van der Waals surface area contributed by atoms with E-state index < -0.39 is 0 Å². The molecule has 116 valence electrons. The molecule has 0 bridgehead atoms. The van der Waals surface area contributed by atoms with Gasteiger partial charge in [0.25, 0.3) is 0 Å². The summed E-state index contributed by atoms with van der Waals surface area (Å²) < 4.78 is 0. The summed E-state index contributed by atoms with van der Waals surface area (Å²) >= 11 is 4.71. The molecule has 0 amide bonds. The topological polar surface area (TPSA) is 3.24 Å². The zero-order valence-electron chi connectivity index (χ0n) is 13.2. The predicted octanol–water partition coefficient (Wildman–Crippen LogP) is 5.05. The van der Waals surface area contributed by atoms with Crippen molar-refractivity contribution >= 4 is 12.6 Å². The molecule has 3 aliphatic rings. The highest BCUT2D eigenvalue weighted by Crippen LogP contribution is 2.44. The molecule has 0 aromatic heterocycles. The van der Waals surface area contributed by atoms with Crippen LogP contribution in [0.25, 0.3) is 0 Å². The molecule has 3 fully saturated rings. The lowest BCUT2D eigenvalue weighted by Crippen LogP contribution is -2.52. The minimum absolute atomic E-state index is 0.581. The molecule has 0 spiro atoms. The smallest absolute Gasteiger partial charge is 0.00984 e. The van der Waals surface area contributed by atoms with E-state index in [0.29, 0.717) is 5.41 Å². The minimum atomic E-state index is 0.581. The van der Waals surface area contributed by atoms with Gasteiger partial charge in [-0.05, 0) is 49.7 Å². The van der Waals surface area contributed by atoms with E-state index in [4.69, 9.17) is 12.6 Å². The number of thiol groups is 1. The van der Waals surface area contributed by atoms with Crippen molar-refractivity contribution in [2.75, 3.05) is 12.3 Å². The van der Waals surface area contributed by atoms with Crippen LogP contribution in [0.2, 0.25) is 0 Å². The van der Waals surface area contributed by atoms with Crippen LogP contribution in [0.1, 0.15) is 83.5 Å². The largest absolute Gasteiger partial charge is 0.297 e. The normalized spacial score (nSPS) is 28.5. The molecule has 0 saturated heterocycles. The average Bonchev–Trinajstić information content (AvgIpc) is 2.49. The SMILES string of the molecule is SCC1(CN(C2CCCCC2)C2CCCCC2)CCC1. The van der Waals surface area contributed by atoms with Gasteiger partial charge in [0.05, 0.1) is 0 Å². The van der Waals surface area contributed by atoms with Crippen LogP contribution < -0.4 is 0 Å². The Morgan fingerprint density at radius 3 is 1.60 bits per heavy atom. The third-order valence-corrected chi connectivity index (χ3v) is 7.03. The van der Waals surface area contributed by atoms with Crippen LogP contribution in [-0.4, -0.2) is 29.3 Å². The fourth-order valence-corrected chi connectivity index (χ4v) is 5.23. The molecule has 3 rings (SSSR count). The maximum Gasteiger partial charge on any atom is 0.00984 e. The maximum absolute atomic E-state index is 4.71. The maximum atomic E-state index is 4.71. The van der Waals surface area contributed by atoms with Crippen molar-refractivity contribution < 1.29 is 0 Å². The Morgan fingerprint density at radius 1 is 0.750 bits per heavy atom. The summed E-state index contributed by atoms with van der Waals surface area (Å²) in [4.78, 5) is 2.99. The molecule has 0 unspecified atom stereocenters. The van der Waals surface area contributed by atoms with Gasteiger partial charge in [-0.1, -0.05) is 44.9 Å². The molecule has 0 aliphatic heterocycles. The Morgan fingerprint density at radius 2 is 1.25 bits per heavy atom. The van der Waals surface area contributed by atoms with Gasteiger partial charge in [-0.15, -0.1) is 0 Å². The van der Waals surface area contributed by atoms with Crippen LogP contribution in [0, 0.1) is 5.41 Å². The zero-order chi connectivity index (χ0) is 13.8. The number of hydrogen-bond donors (Lipinski definition) is 1. The second-order valence-electron chi connectivity index (χ2n) is 7.77. The summed E-state index contributed by atoms with van der Waals surface area (Å²) in [5, 5.41) is 0. The molecule has 0 N–H and O–H groups in total. The van der Waals surface area contributed by atoms with Crippen LogP contribution >= 0.6 is 12.6 Å². The van der Waals surface area contributed by atoms with Gasteiger partial charge in [0, 0.05) is 18.6 Å². The van der Waals surface area contributed by atoms with E-state index in [-0.39, 0.29) is 0 Å². The van der Waals surface area contributed by atoms with Gasteiger partial charge in [0.15, 0.2) is 0 Å². The van der Waals surface area contributed by atoms with Gasteiger partial charge in [-0.2, -0.15) is 12.6 Å². The van der Waals surface area contributed by atoms with E-state index in [1.807, 2.05) is 0 Å². The summed E-state index contributed by atoms with van der Waals surface area (Å²) in [6.07, 6.45) is 19.1. The highest BCUT2D eigenvalue weighted by Gasteiger charge is 2.40. The molecular weight excluding hydrogens is 262 g/mol. The summed E-state index contributed by atoms with van der Waals surface area (Å²) in [6.45, 7) is 1.37. The zero-order valence-corrected chi connectivity index (χ0v) is 14.1. The van der Waals surface area contributed by atoms with Crippen molar-refractivity contribution in [1.29, 1.82) is 0 Å². The number of rotatable bonds is 5. The lowest BCUT2D eigenvalue weighted by atomic mass is 9.69. The third-order valence-electron chi connectivity index (χ3n) is 6.36. The second-order valence-corrected chi connectivity index (χ2v) is 8.08. The van der Waals surface area contributed by atoms with Crippen LogP contribution in [0.4, 0.5) is 0 Å². The summed E-state index contributed by atoms with van der Waals surface area (Å²) in [5.41, 5.74) is 0.581. The first-order valence-electron chi connectivity index (χ1n) is 9.20. The fourth-order valence-electron chi connectivity index (χ4n) is 4.81. The van der Waals surface area contributed by atoms with E-state index in [1.54, 1.807) is 0 Å². The monoisotopic (exact) mass is 295 g/mol. The predicted molar refractivity (Wildman–Crippen MR) is 90.6 cm³/mol. The summed E-state index contributed by atoms with van der Waals surface area (Å²) in [6, 6.07) is 1.81. The van der Waals surface area contributed by atoms with Crippen molar-refractivity contribution in [3.05, 3.63) is 0 Å². The van der Waals surface area contributed by atoms with Crippen molar-refractivity contribution in [2.24, 2.45) is 5.41 Å². The first-order valence-corrected chi connectivity index (χ1v) is 9.83. The minimum Gasteiger partial charge on any atom is -0.297 e. The Balaban J connectivity index is 1.68.